The van der Waals surface area contributed by atoms with Gasteiger partial charge in [0.2, 0.25) is 0 Å². The molecule has 19 heavy (non-hydrogen) atoms. The molecule has 1 fully saturated rings. The van der Waals surface area contributed by atoms with Crippen molar-refractivity contribution in [3.63, 3.8) is 0 Å². The first kappa shape index (κ1) is 14.4. The van der Waals surface area contributed by atoms with Crippen LogP contribution in [0.1, 0.15) is 37.7 Å². The van der Waals surface area contributed by atoms with E-state index in [1.165, 1.54) is 32.1 Å². The number of rotatable bonds is 4. The van der Waals surface area contributed by atoms with Crippen molar-refractivity contribution in [2.24, 2.45) is 5.92 Å². The largest absolute Gasteiger partial charge is 0.412 e. The van der Waals surface area contributed by atoms with Crippen LogP contribution in [-0.4, -0.2) is 12.6 Å². The molecule has 0 radical (unpaired) electrons. The molecule has 2 rings (SSSR count). The summed E-state index contributed by atoms with van der Waals surface area (Å²) in [7, 11) is 0. The summed E-state index contributed by atoms with van der Waals surface area (Å²) in [6.07, 6.45) is 6.00. The van der Waals surface area contributed by atoms with E-state index in [4.69, 9.17) is 4.74 Å². The Labute approximate surface area is 122 Å². The molecule has 0 heterocycles. The lowest BCUT2D eigenvalue weighted by Crippen LogP contribution is -2.32. The summed E-state index contributed by atoms with van der Waals surface area (Å²) in [6, 6.07) is 7.54. The number of carbonyl (C=O) groups is 1. The third-order valence-corrected chi connectivity index (χ3v) is 4.17. The third kappa shape index (κ3) is 4.86. The fourth-order valence-electron chi connectivity index (χ4n) is 2.45. The van der Waals surface area contributed by atoms with E-state index in [0.717, 1.165) is 17.4 Å². The average Bonchev–Trinajstić information content (AvgIpc) is 2.46. The van der Waals surface area contributed by atoms with Gasteiger partial charge in [0.05, 0.1) is 0 Å². The zero-order valence-corrected chi connectivity index (χ0v) is 12.6. The van der Waals surface area contributed by atoms with E-state index in [1.54, 1.807) is 6.07 Å². The molecular formula is C15H20BrNO2. The van der Waals surface area contributed by atoms with E-state index in [9.17, 15) is 4.79 Å². The number of nitrogens with one attached hydrogen (secondary N) is 1. The van der Waals surface area contributed by atoms with E-state index < -0.39 is 0 Å². The van der Waals surface area contributed by atoms with Crippen molar-refractivity contribution in [3.05, 3.63) is 29.8 Å². The number of benzene rings is 1. The van der Waals surface area contributed by atoms with Crippen molar-refractivity contribution < 1.29 is 9.53 Å². The first-order valence-electron chi connectivity index (χ1n) is 6.88. The molecule has 3 nitrogen and oxygen atoms in total. The molecule has 0 aromatic heterocycles. The number of hydrogen-bond acceptors (Lipinski definition) is 2. The Kier molecular flexibility index (Phi) is 5.70. The molecule has 1 aliphatic carbocycles. The fraction of sp³-hybridized carbons (Fsp3) is 0.533. The van der Waals surface area contributed by atoms with Crippen molar-refractivity contribution in [3.8, 4) is 5.75 Å². The molecule has 0 spiro atoms. The Morgan fingerprint density at radius 3 is 2.84 bits per heavy atom. The van der Waals surface area contributed by atoms with Gasteiger partial charge in [-0.25, -0.2) is 4.79 Å². The Balaban J connectivity index is 1.76. The molecule has 1 saturated carbocycles. The van der Waals surface area contributed by atoms with Gasteiger partial charge in [-0.3, -0.25) is 0 Å². The average molecular weight is 326 g/mol. The minimum Gasteiger partial charge on any atom is -0.410 e. The van der Waals surface area contributed by atoms with Crippen LogP contribution in [0.3, 0.4) is 0 Å². The van der Waals surface area contributed by atoms with Crippen LogP contribution >= 0.6 is 15.9 Å². The molecule has 0 bridgehead atoms. The number of halogens is 1. The molecule has 0 unspecified atom stereocenters. The lowest BCUT2D eigenvalue weighted by molar-refractivity contribution is 0.196. The molecule has 104 valence electrons. The monoisotopic (exact) mass is 325 g/mol. The second kappa shape index (κ2) is 7.53. The van der Waals surface area contributed by atoms with Gasteiger partial charge in [0.15, 0.2) is 0 Å². The minimum atomic E-state index is -0.350. The summed E-state index contributed by atoms with van der Waals surface area (Å²) in [4.78, 5) is 11.7. The Morgan fingerprint density at radius 2 is 2.11 bits per heavy atom. The highest BCUT2D eigenvalue weighted by Gasteiger charge is 2.14. The topological polar surface area (TPSA) is 38.3 Å². The van der Waals surface area contributed by atoms with E-state index >= 15 is 0 Å². The zero-order valence-electron chi connectivity index (χ0n) is 11.0. The number of hydrogen-bond donors (Lipinski definition) is 1. The van der Waals surface area contributed by atoms with Crippen molar-refractivity contribution >= 4 is 22.0 Å². The number of alkyl halides is 1. The summed E-state index contributed by atoms with van der Waals surface area (Å²) in [6.45, 7) is 0.733. The summed E-state index contributed by atoms with van der Waals surface area (Å²) in [5.41, 5.74) is 1.09. The predicted octanol–water partition coefficient (Wildman–Crippen LogP) is 4.25. The van der Waals surface area contributed by atoms with Gasteiger partial charge in [-0.15, -0.1) is 0 Å². The maximum Gasteiger partial charge on any atom is 0.412 e. The highest BCUT2D eigenvalue weighted by molar-refractivity contribution is 9.08. The number of carbonyl (C=O) groups excluding carboxylic acids is 1. The van der Waals surface area contributed by atoms with Gasteiger partial charge >= 0.3 is 6.09 Å². The maximum absolute atomic E-state index is 11.7. The van der Waals surface area contributed by atoms with Crippen LogP contribution < -0.4 is 10.1 Å². The van der Waals surface area contributed by atoms with E-state index in [-0.39, 0.29) is 6.09 Å². The van der Waals surface area contributed by atoms with Crippen LogP contribution in [0.5, 0.6) is 5.75 Å². The first-order chi connectivity index (χ1) is 9.28. The summed E-state index contributed by atoms with van der Waals surface area (Å²) in [5, 5.41) is 3.62. The Bertz CT molecular complexity index is 416. The second-order valence-electron chi connectivity index (χ2n) is 5.06. The first-order valence-corrected chi connectivity index (χ1v) is 8.00. The van der Waals surface area contributed by atoms with Gasteiger partial charge in [0, 0.05) is 11.9 Å². The van der Waals surface area contributed by atoms with E-state index in [2.05, 4.69) is 21.2 Å². The summed E-state index contributed by atoms with van der Waals surface area (Å²) < 4.78 is 5.28. The summed E-state index contributed by atoms with van der Waals surface area (Å²) >= 11 is 3.38. The highest BCUT2D eigenvalue weighted by Crippen LogP contribution is 2.22. The van der Waals surface area contributed by atoms with Crippen LogP contribution in [0.15, 0.2) is 24.3 Å². The molecule has 1 aliphatic rings. The predicted molar refractivity (Wildman–Crippen MR) is 79.7 cm³/mol. The molecule has 1 N–H and O–H groups in total. The molecule has 0 saturated heterocycles. The Morgan fingerprint density at radius 1 is 1.32 bits per heavy atom. The van der Waals surface area contributed by atoms with Crippen molar-refractivity contribution in [2.45, 2.75) is 37.4 Å². The van der Waals surface area contributed by atoms with E-state index in [1.807, 2.05) is 18.2 Å². The van der Waals surface area contributed by atoms with Crippen LogP contribution in [0, 0.1) is 5.92 Å². The molecule has 4 heteroatoms. The third-order valence-electron chi connectivity index (χ3n) is 3.52. The highest BCUT2D eigenvalue weighted by atomic mass is 79.9. The molecule has 1 aromatic carbocycles. The smallest absolute Gasteiger partial charge is 0.410 e. The lowest BCUT2D eigenvalue weighted by Gasteiger charge is -2.21. The van der Waals surface area contributed by atoms with Gasteiger partial charge in [-0.05, 0) is 36.5 Å². The van der Waals surface area contributed by atoms with Gasteiger partial charge in [0.25, 0.3) is 0 Å². The fourth-order valence-corrected chi connectivity index (χ4v) is 2.80. The summed E-state index contributed by atoms with van der Waals surface area (Å²) in [5.74, 6) is 1.22. The zero-order chi connectivity index (χ0) is 13.5. The normalized spacial score (nSPS) is 16.1. The van der Waals surface area contributed by atoms with Crippen molar-refractivity contribution in [1.29, 1.82) is 0 Å². The maximum atomic E-state index is 11.7. The Hall–Kier alpha value is -1.03. The van der Waals surface area contributed by atoms with Crippen LogP contribution in [0.25, 0.3) is 0 Å². The molecule has 1 amide bonds. The molecule has 1 aromatic rings. The molecular weight excluding hydrogens is 306 g/mol. The number of ether oxygens (including phenoxy) is 1. The van der Waals surface area contributed by atoms with Gasteiger partial charge in [-0.1, -0.05) is 47.3 Å². The lowest BCUT2D eigenvalue weighted by atomic mass is 9.89. The van der Waals surface area contributed by atoms with Crippen LogP contribution in [-0.2, 0) is 5.33 Å². The van der Waals surface area contributed by atoms with Gasteiger partial charge in [0.1, 0.15) is 5.75 Å². The molecule has 0 atom stereocenters. The second-order valence-corrected chi connectivity index (χ2v) is 5.62. The van der Waals surface area contributed by atoms with Crippen molar-refractivity contribution in [1.82, 2.24) is 5.32 Å². The van der Waals surface area contributed by atoms with Crippen LogP contribution in [0.2, 0.25) is 0 Å². The van der Waals surface area contributed by atoms with Gasteiger partial charge < -0.3 is 10.1 Å². The van der Waals surface area contributed by atoms with E-state index in [0.29, 0.717) is 11.7 Å². The number of amides is 1. The quantitative estimate of drug-likeness (QED) is 0.840. The molecule has 0 aliphatic heterocycles. The van der Waals surface area contributed by atoms with Gasteiger partial charge in [-0.2, -0.15) is 0 Å². The van der Waals surface area contributed by atoms with Crippen LogP contribution in [0.4, 0.5) is 4.79 Å². The van der Waals surface area contributed by atoms with Crippen molar-refractivity contribution in [2.75, 3.05) is 6.54 Å². The standard InChI is InChI=1S/C15H20BrNO2/c16-10-13-7-4-8-14(9-13)19-15(18)17-11-12-5-2-1-3-6-12/h4,7-9,12H,1-3,5-6,10-11H2,(H,17,18). The SMILES string of the molecule is O=C(NCC1CCCCC1)Oc1cccc(CBr)c1. The minimum absolute atomic E-state index is 0.350.